The van der Waals surface area contributed by atoms with Gasteiger partial charge >= 0.3 is 0 Å². The normalized spacial score (nSPS) is 22.7. The predicted octanol–water partition coefficient (Wildman–Crippen LogP) is 3.55. The molecule has 0 saturated carbocycles. The number of halogens is 1. The van der Waals surface area contributed by atoms with Gasteiger partial charge in [0.25, 0.3) is 0 Å². The molecule has 104 valence electrons. The fourth-order valence-electron chi connectivity index (χ4n) is 3.20. The Morgan fingerprint density at radius 1 is 1.42 bits per heavy atom. The van der Waals surface area contributed by atoms with Crippen LogP contribution >= 0.6 is 0 Å². The van der Waals surface area contributed by atoms with Crippen molar-refractivity contribution >= 4 is 5.78 Å². The lowest BCUT2D eigenvalue weighted by Gasteiger charge is -2.28. The minimum atomic E-state index is -0.546. The first-order valence-electron chi connectivity index (χ1n) is 7.07. The van der Waals surface area contributed by atoms with Crippen molar-refractivity contribution in [3.63, 3.8) is 0 Å². The van der Waals surface area contributed by atoms with E-state index < -0.39 is 5.54 Å². The second kappa shape index (κ2) is 5.41. The van der Waals surface area contributed by atoms with Gasteiger partial charge in [0.2, 0.25) is 0 Å². The molecule has 1 unspecified atom stereocenters. The van der Waals surface area contributed by atoms with Gasteiger partial charge in [-0.25, -0.2) is 4.39 Å². The second-order valence-electron chi connectivity index (χ2n) is 5.63. The third-order valence-corrected chi connectivity index (χ3v) is 4.01. The average molecular weight is 263 g/mol. The number of ketones is 1. The summed E-state index contributed by atoms with van der Waals surface area (Å²) in [5.74, 6) is -0.450. The number of carbonyl (C=O) groups is 1. The Morgan fingerprint density at radius 2 is 2.16 bits per heavy atom. The quantitative estimate of drug-likeness (QED) is 0.842. The molecular formula is C16H22FNO. The van der Waals surface area contributed by atoms with Crippen LogP contribution in [0, 0.1) is 19.7 Å². The zero-order valence-corrected chi connectivity index (χ0v) is 12.0. The summed E-state index contributed by atoms with van der Waals surface area (Å²) in [6, 6.07) is 3.33. The lowest BCUT2D eigenvalue weighted by molar-refractivity contribution is 0.0852. The fraction of sp³-hybridized carbons (Fsp3) is 0.562. The molecule has 2 rings (SSSR count). The standard InChI is InChI=1S/C16H22FNO/c1-4-6-16(7-5-8-18-16)15(19)14-12(3)9-11(2)10-13(14)17/h9-10,18H,4-8H2,1-3H3. The maximum Gasteiger partial charge on any atom is 0.186 e. The lowest BCUT2D eigenvalue weighted by atomic mass is 9.82. The summed E-state index contributed by atoms with van der Waals surface area (Å²) in [5.41, 5.74) is 1.32. The Morgan fingerprint density at radius 3 is 2.68 bits per heavy atom. The van der Waals surface area contributed by atoms with Gasteiger partial charge in [-0.3, -0.25) is 4.79 Å². The van der Waals surface area contributed by atoms with Crippen molar-refractivity contribution in [2.45, 2.75) is 52.0 Å². The van der Waals surface area contributed by atoms with Crippen LogP contribution in [-0.2, 0) is 0 Å². The first kappa shape index (κ1) is 14.2. The Balaban J connectivity index is 2.43. The summed E-state index contributed by atoms with van der Waals surface area (Å²) < 4.78 is 14.2. The number of aryl methyl sites for hydroxylation is 2. The van der Waals surface area contributed by atoms with Crippen LogP contribution in [0.5, 0.6) is 0 Å². The Kier molecular flexibility index (Phi) is 4.04. The summed E-state index contributed by atoms with van der Waals surface area (Å²) in [5, 5.41) is 3.32. The van der Waals surface area contributed by atoms with E-state index in [1.165, 1.54) is 6.07 Å². The van der Waals surface area contributed by atoms with E-state index in [1.54, 1.807) is 0 Å². The molecule has 0 radical (unpaired) electrons. The van der Waals surface area contributed by atoms with Gasteiger partial charge in [-0.15, -0.1) is 0 Å². The van der Waals surface area contributed by atoms with Crippen molar-refractivity contribution < 1.29 is 9.18 Å². The second-order valence-corrected chi connectivity index (χ2v) is 5.63. The van der Waals surface area contributed by atoms with Crippen LogP contribution in [0.4, 0.5) is 4.39 Å². The lowest BCUT2D eigenvalue weighted by Crippen LogP contribution is -2.48. The molecule has 1 fully saturated rings. The van der Waals surface area contributed by atoms with Crippen LogP contribution in [0.2, 0.25) is 0 Å². The fourth-order valence-corrected chi connectivity index (χ4v) is 3.20. The molecule has 0 aliphatic carbocycles. The molecular weight excluding hydrogens is 241 g/mol. The number of nitrogens with one attached hydrogen (secondary N) is 1. The Hall–Kier alpha value is -1.22. The monoisotopic (exact) mass is 263 g/mol. The van der Waals surface area contributed by atoms with E-state index in [9.17, 15) is 9.18 Å². The molecule has 0 aromatic heterocycles. The van der Waals surface area contributed by atoms with Crippen molar-refractivity contribution in [1.29, 1.82) is 0 Å². The molecule has 1 saturated heterocycles. The summed E-state index contributed by atoms with van der Waals surface area (Å²) in [6.45, 7) is 6.57. The highest BCUT2D eigenvalue weighted by molar-refractivity contribution is 6.04. The number of carbonyl (C=O) groups excluding carboxylic acids is 1. The molecule has 0 spiro atoms. The molecule has 0 amide bonds. The zero-order valence-electron chi connectivity index (χ0n) is 12.0. The van der Waals surface area contributed by atoms with Crippen LogP contribution in [-0.4, -0.2) is 17.9 Å². The minimum absolute atomic E-state index is 0.0677. The zero-order chi connectivity index (χ0) is 14.0. The van der Waals surface area contributed by atoms with Crippen molar-refractivity contribution in [1.82, 2.24) is 5.32 Å². The maximum atomic E-state index is 14.2. The first-order valence-corrected chi connectivity index (χ1v) is 7.07. The number of benzene rings is 1. The van der Waals surface area contributed by atoms with E-state index in [0.717, 1.165) is 43.4 Å². The Bertz CT molecular complexity index is 467. The van der Waals surface area contributed by atoms with Crippen molar-refractivity contribution in [2.75, 3.05) is 6.54 Å². The van der Waals surface area contributed by atoms with Gasteiger partial charge in [0.15, 0.2) is 5.78 Å². The van der Waals surface area contributed by atoms with E-state index in [2.05, 4.69) is 12.2 Å². The van der Waals surface area contributed by atoms with E-state index in [-0.39, 0.29) is 17.2 Å². The summed E-state index contributed by atoms with van der Waals surface area (Å²) in [7, 11) is 0. The average Bonchev–Trinajstić information content (AvgIpc) is 2.77. The van der Waals surface area contributed by atoms with E-state index >= 15 is 0 Å². The predicted molar refractivity (Wildman–Crippen MR) is 75.1 cm³/mol. The third kappa shape index (κ3) is 2.57. The summed E-state index contributed by atoms with van der Waals surface area (Å²) in [4.78, 5) is 12.8. The summed E-state index contributed by atoms with van der Waals surface area (Å²) >= 11 is 0. The molecule has 2 nitrogen and oxygen atoms in total. The van der Waals surface area contributed by atoms with Gasteiger partial charge in [0.05, 0.1) is 11.1 Å². The highest BCUT2D eigenvalue weighted by atomic mass is 19.1. The molecule has 1 aromatic rings. The van der Waals surface area contributed by atoms with Gasteiger partial charge in [-0.05, 0) is 56.8 Å². The van der Waals surface area contributed by atoms with Gasteiger partial charge in [0.1, 0.15) is 5.82 Å². The highest BCUT2D eigenvalue weighted by Crippen LogP contribution is 2.31. The van der Waals surface area contributed by atoms with E-state index in [1.807, 2.05) is 19.9 Å². The largest absolute Gasteiger partial charge is 0.305 e. The highest BCUT2D eigenvalue weighted by Gasteiger charge is 2.41. The van der Waals surface area contributed by atoms with Crippen LogP contribution in [0.1, 0.15) is 54.1 Å². The molecule has 19 heavy (non-hydrogen) atoms. The van der Waals surface area contributed by atoms with Crippen molar-refractivity contribution in [3.8, 4) is 0 Å². The number of Topliss-reactive ketones (excluding diaryl/α,β-unsaturated/α-hetero) is 1. The van der Waals surface area contributed by atoms with E-state index in [4.69, 9.17) is 0 Å². The number of hydrogen-bond acceptors (Lipinski definition) is 2. The molecule has 1 atom stereocenters. The molecule has 1 aromatic carbocycles. The minimum Gasteiger partial charge on any atom is -0.305 e. The smallest absolute Gasteiger partial charge is 0.186 e. The van der Waals surface area contributed by atoms with Gasteiger partial charge in [0, 0.05) is 0 Å². The first-order chi connectivity index (χ1) is 9.00. The molecule has 1 N–H and O–H groups in total. The molecule has 1 aliphatic rings. The molecule has 1 aliphatic heterocycles. The SMILES string of the molecule is CCCC1(C(=O)c2c(C)cc(C)cc2F)CCCN1. The topological polar surface area (TPSA) is 29.1 Å². The van der Waals surface area contributed by atoms with Crippen LogP contribution in [0.25, 0.3) is 0 Å². The van der Waals surface area contributed by atoms with Crippen LogP contribution < -0.4 is 5.32 Å². The van der Waals surface area contributed by atoms with Gasteiger partial charge < -0.3 is 5.32 Å². The van der Waals surface area contributed by atoms with Gasteiger partial charge in [-0.2, -0.15) is 0 Å². The van der Waals surface area contributed by atoms with Gasteiger partial charge in [-0.1, -0.05) is 19.4 Å². The van der Waals surface area contributed by atoms with Crippen molar-refractivity contribution in [3.05, 3.63) is 34.6 Å². The number of hydrogen-bond donors (Lipinski definition) is 1. The van der Waals surface area contributed by atoms with Crippen LogP contribution in [0.3, 0.4) is 0 Å². The van der Waals surface area contributed by atoms with E-state index in [0.29, 0.717) is 0 Å². The third-order valence-electron chi connectivity index (χ3n) is 4.01. The summed E-state index contributed by atoms with van der Waals surface area (Å²) in [6.07, 6.45) is 3.49. The van der Waals surface area contributed by atoms with Crippen molar-refractivity contribution in [2.24, 2.45) is 0 Å². The molecule has 1 heterocycles. The maximum absolute atomic E-state index is 14.2. The molecule has 3 heteroatoms. The van der Waals surface area contributed by atoms with Crippen LogP contribution in [0.15, 0.2) is 12.1 Å². The Labute approximate surface area is 114 Å². The molecule has 0 bridgehead atoms. The number of rotatable bonds is 4.